The molecule has 0 saturated carbocycles. The van der Waals surface area contributed by atoms with Crippen LogP contribution in [0.5, 0.6) is 0 Å². The number of nitrogens with one attached hydrogen (secondary N) is 1. The van der Waals surface area contributed by atoms with Gasteiger partial charge in [0.2, 0.25) is 5.91 Å². The van der Waals surface area contributed by atoms with Gasteiger partial charge in [-0.3, -0.25) is 14.5 Å². The Hall–Kier alpha value is -2.57. The molecule has 1 heterocycles. The number of aliphatic carboxylic acids is 1. The van der Waals surface area contributed by atoms with Crippen LogP contribution >= 0.6 is 0 Å². The molecule has 7 heteroatoms. The summed E-state index contributed by atoms with van der Waals surface area (Å²) in [5.74, 6) is -2.44. The van der Waals surface area contributed by atoms with Crippen LogP contribution in [0.15, 0.2) is 24.3 Å². The molecule has 1 aromatic rings. The van der Waals surface area contributed by atoms with Gasteiger partial charge in [0, 0.05) is 12.2 Å². The van der Waals surface area contributed by atoms with E-state index < -0.39 is 29.4 Å². The molecule has 1 atom stereocenters. The van der Waals surface area contributed by atoms with Gasteiger partial charge >= 0.3 is 12.0 Å². The number of nitrogens with zero attached hydrogens (tertiary/aromatic N) is 1. The number of benzene rings is 1. The molecule has 0 fully saturated rings. The number of rotatable bonds is 3. The molecule has 7 nitrogen and oxygen atoms in total. The summed E-state index contributed by atoms with van der Waals surface area (Å²) in [6.45, 7) is 3.00. The predicted octanol–water partition coefficient (Wildman–Crippen LogP) is 0.648. The zero-order valence-electron chi connectivity index (χ0n) is 11.8. The molecule has 0 aromatic heterocycles. The van der Waals surface area contributed by atoms with Gasteiger partial charge in [0.1, 0.15) is 11.5 Å². The fourth-order valence-electron chi connectivity index (χ4n) is 2.21. The molecular formula is C14H17N3O4. The summed E-state index contributed by atoms with van der Waals surface area (Å²) in [5.41, 5.74) is 5.12. The fourth-order valence-corrected chi connectivity index (χ4v) is 2.21. The highest BCUT2D eigenvalue weighted by molar-refractivity contribution is 6.00. The lowest BCUT2D eigenvalue weighted by Gasteiger charge is -2.26. The van der Waals surface area contributed by atoms with Crippen molar-refractivity contribution in [3.05, 3.63) is 29.8 Å². The Balaban J connectivity index is 2.28. The third-order valence-corrected chi connectivity index (χ3v) is 3.55. The Morgan fingerprint density at radius 1 is 1.33 bits per heavy atom. The van der Waals surface area contributed by atoms with Crippen LogP contribution in [0, 0.1) is 0 Å². The van der Waals surface area contributed by atoms with Crippen molar-refractivity contribution in [1.29, 1.82) is 0 Å². The van der Waals surface area contributed by atoms with Crippen LogP contribution in [-0.4, -0.2) is 35.1 Å². The van der Waals surface area contributed by atoms with Crippen molar-refractivity contribution in [2.24, 2.45) is 5.73 Å². The summed E-state index contributed by atoms with van der Waals surface area (Å²) in [6, 6.07) is 6.26. The number of primary amides is 1. The lowest BCUT2D eigenvalue weighted by molar-refractivity contribution is -0.138. The van der Waals surface area contributed by atoms with E-state index in [1.807, 2.05) is 0 Å². The largest absolute Gasteiger partial charge is 0.481 e. The molecule has 0 saturated heterocycles. The maximum absolute atomic E-state index is 12.3. The van der Waals surface area contributed by atoms with Crippen molar-refractivity contribution in [3.8, 4) is 0 Å². The first-order chi connectivity index (χ1) is 9.74. The minimum atomic E-state index is -1.21. The first kappa shape index (κ1) is 14.8. The second-order valence-electron chi connectivity index (χ2n) is 5.48. The van der Waals surface area contributed by atoms with Crippen LogP contribution in [0.25, 0.3) is 0 Å². The van der Waals surface area contributed by atoms with E-state index in [0.29, 0.717) is 11.3 Å². The van der Waals surface area contributed by atoms with Crippen molar-refractivity contribution in [2.75, 3.05) is 11.4 Å². The molecule has 0 spiro atoms. The minimum absolute atomic E-state index is 0.0232. The first-order valence-corrected chi connectivity index (χ1v) is 6.45. The van der Waals surface area contributed by atoms with Gasteiger partial charge in [0.15, 0.2) is 0 Å². The number of nitrogens with two attached hydrogens (primary N) is 1. The molecule has 4 N–H and O–H groups in total. The van der Waals surface area contributed by atoms with Crippen molar-refractivity contribution in [1.82, 2.24) is 5.32 Å². The van der Waals surface area contributed by atoms with Crippen LogP contribution in [0.2, 0.25) is 0 Å². The second-order valence-corrected chi connectivity index (χ2v) is 5.48. The third kappa shape index (κ3) is 2.67. The number of carbonyl (C=O) groups is 3. The van der Waals surface area contributed by atoms with E-state index in [2.05, 4.69) is 5.32 Å². The van der Waals surface area contributed by atoms with E-state index in [1.165, 1.54) is 18.7 Å². The molecule has 1 aliphatic rings. The molecule has 1 aliphatic heterocycles. The van der Waals surface area contributed by atoms with Gasteiger partial charge in [-0.15, -0.1) is 0 Å². The van der Waals surface area contributed by atoms with Gasteiger partial charge in [-0.1, -0.05) is 18.2 Å². The lowest BCUT2D eigenvalue weighted by Crippen LogP contribution is -2.56. The normalized spacial score (nSPS) is 17.2. The lowest BCUT2D eigenvalue weighted by atomic mass is 10.0. The Labute approximate surface area is 121 Å². The van der Waals surface area contributed by atoms with Gasteiger partial charge in [0.05, 0.1) is 0 Å². The number of amides is 3. The van der Waals surface area contributed by atoms with Crippen LogP contribution in [-0.2, 0) is 9.59 Å². The number of para-hydroxylation sites is 1. The molecule has 0 aliphatic carbocycles. The third-order valence-electron chi connectivity index (χ3n) is 3.55. The molecule has 2 rings (SSSR count). The van der Waals surface area contributed by atoms with Crippen LogP contribution in [0.4, 0.5) is 10.5 Å². The monoisotopic (exact) mass is 291 g/mol. The van der Waals surface area contributed by atoms with E-state index in [0.717, 1.165) is 0 Å². The molecule has 112 valence electrons. The quantitative estimate of drug-likeness (QED) is 0.758. The molecule has 1 unspecified atom stereocenters. The van der Waals surface area contributed by atoms with Gasteiger partial charge in [0.25, 0.3) is 0 Å². The standard InChI is InChI=1S/C14H17N3O4/c1-14(2,12(15)20)16-13(21)17-7-9(11(18)19)8-5-3-4-6-10(8)17/h3-6,9H,7H2,1-2H3,(H2,15,20)(H,16,21)(H,18,19). The van der Waals surface area contributed by atoms with Gasteiger partial charge < -0.3 is 16.2 Å². The summed E-state index contributed by atoms with van der Waals surface area (Å²) in [5, 5.41) is 11.8. The predicted molar refractivity (Wildman–Crippen MR) is 76.0 cm³/mol. The Kier molecular flexibility index (Phi) is 3.59. The Bertz CT molecular complexity index is 612. The van der Waals surface area contributed by atoms with Crippen molar-refractivity contribution in [3.63, 3.8) is 0 Å². The molecular weight excluding hydrogens is 274 g/mol. The van der Waals surface area contributed by atoms with E-state index >= 15 is 0 Å². The maximum atomic E-state index is 12.3. The van der Waals surface area contributed by atoms with Crippen molar-refractivity contribution < 1.29 is 19.5 Å². The Morgan fingerprint density at radius 2 is 1.95 bits per heavy atom. The summed E-state index contributed by atoms with van der Waals surface area (Å²) in [4.78, 5) is 36.2. The van der Waals surface area contributed by atoms with E-state index in [4.69, 9.17) is 5.73 Å². The Morgan fingerprint density at radius 3 is 2.52 bits per heavy atom. The van der Waals surface area contributed by atoms with E-state index in [9.17, 15) is 19.5 Å². The molecule has 3 amide bonds. The number of hydrogen-bond acceptors (Lipinski definition) is 3. The number of hydrogen-bond donors (Lipinski definition) is 3. The molecule has 0 bridgehead atoms. The number of fused-ring (bicyclic) bond motifs is 1. The van der Waals surface area contributed by atoms with Gasteiger partial charge in [-0.25, -0.2) is 4.79 Å². The molecule has 21 heavy (non-hydrogen) atoms. The highest BCUT2D eigenvalue weighted by Gasteiger charge is 2.38. The van der Waals surface area contributed by atoms with Crippen LogP contribution < -0.4 is 16.0 Å². The topological polar surface area (TPSA) is 113 Å². The van der Waals surface area contributed by atoms with Gasteiger partial charge in [-0.2, -0.15) is 0 Å². The fraction of sp³-hybridized carbons (Fsp3) is 0.357. The average molecular weight is 291 g/mol. The molecule has 1 aromatic carbocycles. The number of carboxylic acids is 1. The van der Waals surface area contributed by atoms with Crippen LogP contribution in [0.1, 0.15) is 25.3 Å². The smallest absolute Gasteiger partial charge is 0.322 e. The SMILES string of the molecule is CC(C)(NC(=O)N1CC(C(=O)O)c2ccccc21)C(N)=O. The number of carboxylic acid groups (broad SMARTS) is 1. The second kappa shape index (κ2) is 5.08. The summed E-state index contributed by atoms with van der Waals surface area (Å²) < 4.78 is 0. The van der Waals surface area contributed by atoms with Gasteiger partial charge in [-0.05, 0) is 25.5 Å². The summed E-state index contributed by atoms with van der Waals surface area (Å²) in [7, 11) is 0. The zero-order chi connectivity index (χ0) is 15.8. The van der Waals surface area contributed by atoms with Crippen LogP contribution in [0.3, 0.4) is 0 Å². The minimum Gasteiger partial charge on any atom is -0.481 e. The maximum Gasteiger partial charge on any atom is 0.322 e. The summed E-state index contributed by atoms with van der Waals surface area (Å²) >= 11 is 0. The highest BCUT2D eigenvalue weighted by Crippen LogP contribution is 2.36. The number of anilines is 1. The highest BCUT2D eigenvalue weighted by atomic mass is 16.4. The van der Waals surface area contributed by atoms with E-state index in [1.54, 1.807) is 24.3 Å². The zero-order valence-corrected chi connectivity index (χ0v) is 11.8. The number of carbonyl (C=O) groups excluding carboxylic acids is 2. The average Bonchev–Trinajstić information content (AvgIpc) is 2.77. The van der Waals surface area contributed by atoms with Crippen molar-refractivity contribution >= 4 is 23.6 Å². The summed E-state index contributed by atoms with van der Waals surface area (Å²) in [6.07, 6.45) is 0. The number of urea groups is 1. The van der Waals surface area contributed by atoms with Crippen molar-refractivity contribution in [2.45, 2.75) is 25.3 Å². The molecule has 0 radical (unpaired) electrons. The van der Waals surface area contributed by atoms with E-state index in [-0.39, 0.29) is 6.54 Å². The first-order valence-electron chi connectivity index (χ1n) is 6.45.